The predicted octanol–water partition coefficient (Wildman–Crippen LogP) is 4.76. The number of ether oxygens (including phenoxy) is 4. The maximum Gasteiger partial charge on any atom is 0.302 e. The Balaban J connectivity index is 2.01. The van der Waals surface area contributed by atoms with Crippen LogP contribution in [0.4, 0.5) is 5.69 Å². The first-order valence-electron chi connectivity index (χ1n) is 9.91. The second-order valence-electron chi connectivity index (χ2n) is 8.06. The number of hydrogen-bond donors (Lipinski definition) is 0. The van der Waals surface area contributed by atoms with Crippen LogP contribution in [0.15, 0.2) is 36.4 Å². The highest BCUT2D eigenvalue weighted by Crippen LogP contribution is 2.44. The van der Waals surface area contributed by atoms with E-state index >= 15 is 0 Å². The van der Waals surface area contributed by atoms with Crippen LogP contribution in [0.2, 0.25) is 5.02 Å². The predicted molar refractivity (Wildman–Crippen MR) is 118 cm³/mol. The Morgan fingerprint density at radius 2 is 1.97 bits per heavy atom. The van der Waals surface area contributed by atoms with Gasteiger partial charge in [0.25, 0.3) is 0 Å². The maximum absolute atomic E-state index is 11.3. The Morgan fingerprint density at radius 1 is 1.19 bits per heavy atom. The SMILES string of the molecule is COc1cccc(C2OCON(CC(C)(C)COC(C)=O)c3ccc(Cl)cc32)c1OC. The molecule has 2 aromatic rings. The van der Waals surface area contributed by atoms with Crippen molar-refractivity contribution in [3.8, 4) is 11.5 Å². The van der Waals surface area contributed by atoms with Gasteiger partial charge in [-0.1, -0.05) is 37.6 Å². The summed E-state index contributed by atoms with van der Waals surface area (Å²) in [6, 6.07) is 11.2. The summed E-state index contributed by atoms with van der Waals surface area (Å²) in [5.41, 5.74) is 2.08. The van der Waals surface area contributed by atoms with Crippen LogP contribution in [0, 0.1) is 5.41 Å². The summed E-state index contributed by atoms with van der Waals surface area (Å²) in [6.07, 6.45) is -0.486. The van der Waals surface area contributed by atoms with Crippen molar-refractivity contribution in [2.45, 2.75) is 26.9 Å². The molecule has 31 heavy (non-hydrogen) atoms. The highest BCUT2D eigenvalue weighted by molar-refractivity contribution is 6.30. The number of anilines is 1. The van der Waals surface area contributed by atoms with Gasteiger partial charge in [-0.05, 0) is 24.3 Å². The first-order valence-corrected chi connectivity index (χ1v) is 10.3. The number of carbonyl (C=O) groups is 1. The molecule has 7 nitrogen and oxygen atoms in total. The molecule has 0 saturated carbocycles. The van der Waals surface area contributed by atoms with Crippen LogP contribution < -0.4 is 14.5 Å². The summed E-state index contributed by atoms with van der Waals surface area (Å²) in [6.45, 7) is 6.16. The lowest BCUT2D eigenvalue weighted by Crippen LogP contribution is -2.37. The number of fused-ring (bicyclic) bond motifs is 1. The fraction of sp³-hybridized carbons (Fsp3) is 0.435. The van der Waals surface area contributed by atoms with Crippen molar-refractivity contribution in [2.24, 2.45) is 5.41 Å². The molecule has 0 aliphatic carbocycles. The Bertz CT molecular complexity index is 932. The van der Waals surface area contributed by atoms with Crippen molar-refractivity contribution in [3.63, 3.8) is 0 Å². The molecule has 0 spiro atoms. The zero-order valence-corrected chi connectivity index (χ0v) is 19.2. The number of methoxy groups -OCH3 is 2. The molecular weight excluding hydrogens is 422 g/mol. The molecule has 3 rings (SSSR count). The van der Waals surface area contributed by atoms with Gasteiger partial charge in [0.1, 0.15) is 6.10 Å². The number of rotatable bonds is 7. The third-order valence-electron chi connectivity index (χ3n) is 4.94. The van der Waals surface area contributed by atoms with Gasteiger partial charge in [0.15, 0.2) is 18.3 Å². The van der Waals surface area contributed by atoms with Gasteiger partial charge in [-0.2, -0.15) is 0 Å². The minimum atomic E-state index is -0.486. The lowest BCUT2D eigenvalue weighted by molar-refractivity contribution is -0.144. The minimum absolute atomic E-state index is 0.0149. The van der Waals surface area contributed by atoms with Crippen LogP contribution in [0.25, 0.3) is 0 Å². The van der Waals surface area contributed by atoms with E-state index in [4.69, 9.17) is 35.4 Å². The van der Waals surface area contributed by atoms with Gasteiger partial charge in [0.05, 0.1) is 33.1 Å². The third-order valence-corrected chi connectivity index (χ3v) is 5.17. The highest BCUT2D eigenvalue weighted by Gasteiger charge is 2.32. The Labute approximate surface area is 187 Å². The third kappa shape index (κ3) is 5.42. The van der Waals surface area contributed by atoms with Crippen molar-refractivity contribution < 1.29 is 28.6 Å². The molecule has 0 aromatic heterocycles. The topological polar surface area (TPSA) is 66.5 Å². The molecule has 1 aliphatic heterocycles. The average Bonchev–Trinajstić information content (AvgIpc) is 2.90. The van der Waals surface area contributed by atoms with Crippen molar-refractivity contribution in [1.82, 2.24) is 0 Å². The number of hydrogen-bond acceptors (Lipinski definition) is 7. The first kappa shape index (κ1) is 23.2. The van der Waals surface area contributed by atoms with E-state index in [9.17, 15) is 4.79 Å². The number of esters is 1. The van der Waals surface area contributed by atoms with Gasteiger partial charge in [-0.15, -0.1) is 0 Å². The number of hydroxylamine groups is 1. The smallest absolute Gasteiger partial charge is 0.302 e. The summed E-state index contributed by atoms with van der Waals surface area (Å²) in [4.78, 5) is 17.2. The monoisotopic (exact) mass is 449 g/mol. The van der Waals surface area contributed by atoms with Crippen LogP contribution in [0.3, 0.4) is 0 Å². The van der Waals surface area contributed by atoms with Crippen LogP contribution in [0.5, 0.6) is 11.5 Å². The zero-order valence-electron chi connectivity index (χ0n) is 18.4. The highest BCUT2D eigenvalue weighted by atomic mass is 35.5. The van der Waals surface area contributed by atoms with E-state index in [1.54, 1.807) is 25.3 Å². The van der Waals surface area contributed by atoms with E-state index in [0.29, 0.717) is 23.1 Å². The fourth-order valence-electron chi connectivity index (χ4n) is 3.52. The first-order chi connectivity index (χ1) is 14.8. The minimum Gasteiger partial charge on any atom is -0.493 e. The van der Waals surface area contributed by atoms with Crippen LogP contribution in [-0.2, 0) is 19.1 Å². The molecular formula is C23H28ClNO6. The molecule has 0 amide bonds. The normalized spacial score (nSPS) is 16.3. The summed E-state index contributed by atoms with van der Waals surface area (Å²) in [5.74, 6) is 0.881. The fourth-order valence-corrected chi connectivity index (χ4v) is 3.70. The molecule has 1 heterocycles. The van der Waals surface area contributed by atoms with E-state index in [2.05, 4.69) is 0 Å². The molecule has 0 radical (unpaired) electrons. The lowest BCUT2D eigenvalue weighted by atomic mass is 9.93. The van der Waals surface area contributed by atoms with Crippen molar-refractivity contribution in [2.75, 3.05) is 39.2 Å². The molecule has 8 heteroatoms. The summed E-state index contributed by atoms with van der Waals surface area (Å²) in [7, 11) is 3.19. The van der Waals surface area contributed by atoms with E-state index in [1.165, 1.54) is 6.92 Å². The molecule has 0 bridgehead atoms. The molecule has 0 fully saturated rings. The van der Waals surface area contributed by atoms with Crippen molar-refractivity contribution >= 4 is 23.3 Å². The number of benzene rings is 2. The molecule has 168 valence electrons. The van der Waals surface area contributed by atoms with Crippen LogP contribution in [-0.4, -0.2) is 40.1 Å². The second kappa shape index (κ2) is 9.77. The maximum atomic E-state index is 11.3. The standard InChI is InChI=1S/C23H28ClNO6/c1-15(26)29-13-23(2,3)12-25-19-10-9-16(24)11-18(19)21(30-14-31-25)17-7-6-8-20(27-4)22(17)28-5/h6-11,21H,12-14H2,1-5H3. The lowest BCUT2D eigenvalue weighted by Gasteiger charge is -2.32. The summed E-state index contributed by atoms with van der Waals surface area (Å²) >= 11 is 6.35. The second-order valence-corrected chi connectivity index (χ2v) is 8.50. The number of para-hydroxylation sites is 1. The molecule has 1 unspecified atom stereocenters. The summed E-state index contributed by atoms with van der Waals surface area (Å²) < 4.78 is 22.4. The van der Waals surface area contributed by atoms with Crippen molar-refractivity contribution in [3.05, 3.63) is 52.5 Å². The van der Waals surface area contributed by atoms with Gasteiger partial charge in [-0.25, -0.2) is 4.84 Å². The number of nitrogens with zero attached hydrogens (tertiary/aromatic N) is 1. The number of halogens is 1. The molecule has 0 saturated heterocycles. The van der Waals surface area contributed by atoms with E-state index in [0.717, 1.165) is 16.8 Å². The quantitative estimate of drug-likeness (QED) is 0.564. The van der Waals surface area contributed by atoms with E-state index in [1.807, 2.05) is 44.2 Å². The van der Waals surface area contributed by atoms with Gasteiger partial charge in [0, 0.05) is 28.5 Å². The van der Waals surface area contributed by atoms with Gasteiger partial charge >= 0.3 is 5.97 Å². The molecule has 1 aliphatic rings. The number of carbonyl (C=O) groups excluding carboxylic acids is 1. The molecule has 0 N–H and O–H groups in total. The van der Waals surface area contributed by atoms with Gasteiger partial charge < -0.3 is 18.9 Å². The zero-order chi connectivity index (χ0) is 22.6. The largest absolute Gasteiger partial charge is 0.493 e. The molecule has 2 aromatic carbocycles. The Kier molecular flexibility index (Phi) is 7.30. The average molecular weight is 450 g/mol. The van der Waals surface area contributed by atoms with Gasteiger partial charge in [0.2, 0.25) is 0 Å². The Morgan fingerprint density at radius 3 is 2.65 bits per heavy atom. The van der Waals surface area contributed by atoms with E-state index < -0.39 is 6.10 Å². The summed E-state index contributed by atoms with van der Waals surface area (Å²) in [5, 5.41) is 2.34. The Hall–Kier alpha value is -2.48. The van der Waals surface area contributed by atoms with Crippen molar-refractivity contribution in [1.29, 1.82) is 0 Å². The van der Waals surface area contributed by atoms with E-state index in [-0.39, 0.29) is 24.8 Å². The molecule has 1 atom stereocenters. The van der Waals surface area contributed by atoms with Crippen LogP contribution in [0.1, 0.15) is 38.0 Å². The van der Waals surface area contributed by atoms with Gasteiger partial charge in [-0.3, -0.25) is 9.86 Å². The van der Waals surface area contributed by atoms with Crippen LogP contribution >= 0.6 is 11.6 Å².